The molecule has 0 aromatic heterocycles. The first-order chi connectivity index (χ1) is 7.38. The van der Waals surface area contributed by atoms with Crippen LogP contribution in [-0.4, -0.2) is 11.9 Å². The molecule has 0 fully saturated rings. The molecular formula is C11H13N2OP. The molecule has 0 saturated heterocycles. The maximum Gasteiger partial charge on any atom is 0.119 e. The van der Waals surface area contributed by atoms with Gasteiger partial charge in [0.25, 0.3) is 0 Å². The molecule has 3 nitrogen and oxygen atoms in total. The third kappa shape index (κ3) is 2.74. The molecule has 4 heteroatoms. The molecule has 15 heavy (non-hydrogen) atoms. The molecule has 78 valence electrons. The zero-order valence-corrected chi connectivity index (χ0v) is 9.47. The maximum absolute atomic E-state index is 5.18. The van der Waals surface area contributed by atoms with Crippen LogP contribution in [0.5, 0.6) is 5.75 Å². The second kappa shape index (κ2) is 4.85. The third-order valence-electron chi connectivity index (χ3n) is 1.98. The normalized spacial score (nSPS) is 14.6. The van der Waals surface area contributed by atoms with Crippen LogP contribution in [0.2, 0.25) is 0 Å². The smallest absolute Gasteiger partial charge is 0.119 e. The number of benzene rings is 1. The maximum atomic E-state index is 5.18. The molecule has 1 heterocycles. The van der Waals surface area contributed by atoms with Crippen molar-refractivity contribution in [2.75, 3.05) is 7.11 Å². The minimum atomic E-state index is 0.557. The van der Waals surface area contributed by atoms with Gasteiger partial charge >= 0.3 is 0 Å². The lowest BCUT2D eigenvalue weighted by atomic mass is 10.3. The molecule has 1 aromatic carbocycles. The SMILES string of the molecule is COc1cccc(PN2C=CC=CN2)c1. The number of ether oxygens (including phenoxy) is 1. The molecule has 1 atom stereocenters. The van der Waals surface area contributed by atoms with E-state index in [0.717, 1.165) is 5.75 Å². The summed E-state index contributed by atoms with van der Waals surface area (Å²) in [5.41, 5.74) is 3.14. The van der Waals surface area contributed by atoms with Crippen LogP contribution in [0.1, 0.15) is 0 Å². The molecule has 0 aliphatic carbocycles. The predicted molar refractivity (Wildman–Crippen MR) is 64.2 cm³/mol. The first-order valence-corrected chi connectivity index (χ1v) is 5.63. The van der Waals surface area contributed by atoms with Gasteiger partial charge < -0.3 is 10.2 Å². The number of hydrogen-bond donors (Lipinski definition) is 1. The van der Waals surface area contributed by atoms with Crippen molar-refractivity contribution in [2.24, 2.45) is 0 Å². The number of nitrogens with zero attached hydrogens (tertiary/aromatic N) is 1. The molecule has 2 rings (SSSR count). The Morgan fingerprint density at radius 2 is 2.27 bits per heavy atom. The molecule has 0 amide bonds. The van der Waals surface area contributed by atoms with E-state index in [9.17, 15) is 0 Å². The number of nitrogens with one attached hydrogen (secondary N) is 1. The zero-order valence-electron chi connectivity index (χ0n) is 8.47. The van der Waals surface area contributed by atoms with Crippen molar-refractivity contribution in [3.8, 4) is 5.75 Å². The minimum absolute atomic E-state index is 0.557. The highest BCUT2D eigenvalue weighted by Gasteiger charge is 2.01. The summed E-state index contributed by atoms with van der Waals surface area (Å²) in [6.45, 7) is 0. The van der Waals surface area contributed by atoms with Gasteiger partial charge in [-0.05, 0) is 29.6 Å². The molecule has 0 saturated carbocycles. The largest absolute Gasteiger partial charge is 0.497 e. The van der Waals surface area contributed by atoms with Gasteiger partial charge in [-0.2, -0.15) is 0 Å². The summed E-state index contributed by atoms with van der Waals surface area (Å²) in [6.07, 6.45) is 7.89. The Balaban J connectivity index is 2.03. The third-order valence-corrected chi connectivity index (χ3v) is 3.06. The van der Waals surface area contributed by atoms with Gasteiger partial charge in [0, 0.05) is 21.1 Å². The highest BCUT2D eigenvalue weighted by atomic mass is 31.1. The van der Waals surface area contributed by atoms with E-state index in [2.05, 4.69) is 11.5 Å². The Kier molecular flexibility index (Phi) is 3.25. The molecule has 1 N–H and O–H groups in total. The molecular weight excluding hydrogens is 207 g/mol. The molecule has 1 unspecified atom stereocenters. The summed E-state index contributed by atoms with van der Waals surface area (Å²) in [5, 5.41) is 1.24. The molecule has 0 bridgehead atoms. The van der Waals surface area contributed by atoms with Crippen LogP contribution in [0, 0.1) is 0 Å². The lowest BCUT2D eigenvalue weighted by Crippen LogP contribution is -2.24. The van der Waals surface area contributed by atoms with Crippen molar-refractivity contribution < 1.29 is 4.74 Å². The van der Waals surface area contributed by atoms with E-state index in [4.69, 9.17) is 4.74 Å². The monoisotopic (exact) mass is 220 g/mol. The number of methoxy groups -OCH3 is 1. The highest BCUT2D eigenvalue weighted by molar-refractivity contribution is 7.44. The van der Waals surface area contributed by atoms with Crippen molar-refractivity contribution in [3.05, 3.63) is 48.8 Å². The molecule has 1 aromatic rings. The minimum Gasteiger partial charge on any atom is -0.497 e. The summed E-state index contributed by atoms with van der Waals surface area (Å²) in [5.74, 6) is 0.900. The summed E-state index contributed by atoms with van der Waals surface area (Å²) in [4.78, 5) is 0. The van der Waals surface area contributed by atoms with Gasteiger partial charge in [-0.3, -0.25) is 4.78 Å². The standard InChI is InChI=1S/C11H13N2OP/c1-14-10-5-4-6-11(9-10)15-13-8-3-2-7-12-13/h2-9,12,15H,1H3. The number of hydrazine groups is 1. The average Bonchev–Trinajstić information content (AvgIpc) is 2.31. The number of allylic oxidation sites excluding steroid dienone is 2. The average molecular weight is 220 g/mol. The van der Waals surface area contributed by atoms with Gasteiger partial charge in [0.1, 0.15) is 5.75 Å². The van der Waals surface area contributed by atoms with Crippen LogP contribution in [0.15, 0.2) is 48.8 Å². The van der Waals surface area contributed by atoms with Crippen LogP contribution >= 0.6 is 8.73 Å². The summed E-state index contributed by atoms with van der Waals surface area (Å²) < 4.78 is 7.21. The van der Waals surface area contributed by atoms with Crippen molar-refractivity contribution in [1.29, 1.82) is 0 Å². The van der Waals surface area contributed by atoms with Gasteiger partial charge in [-0.25, -0.2) is 0 Å². The van der Waals surface area contributed by atoms with Gasteiger partial charge in [-0.1, -0.05) is 12.1 Å². The summed E-state index contributed by atoms with van der Waals surface area (Å²) >= 11 is 0. The quantitative estimate of drug-likeness (QED) is 0.785. The van der Waals surface area contributed by atoms with Crippen LogP contribution in [0.4, 0.5) is 0 Å². The lowest BCUT2D eigenvalue weighted by Gasteiger charge is -2.21. The van der Waals surface area contributed by atoms with Gasteiger partial charge in [-0.15, -0.1) is 0 Å². The fraction of sp³-hybridized carbons (Fsp3) is 0.0909. The Morgan fingerprint density at radius 3 is 3.00 bits per heavy atom. The second-order valence-electron chi connectivity index (χ2n) is 3.04. The van der Waals surface area contributed by atoms with E-state index >= 15 is 0 Å². The van der Waals surface area contributed by atoms with Gasteiger partial charge in [0.2, 0.25) is 0 Å². The van der Waals surface area contributed by atoms with Gasteiger partial charge in [0.05, 0.1) is 7.11 Å². The van der Waals surface area contributed by atoms with Crippen molar-refractivity contribution in [3.63, 3.8) is 0 Å². The number of rotatable bonds is 3. The molecule has 1 aliphatic rings. The Morgan fingerprint density at radius 1 is 1.33 bits per heavy atom. The zero-order chi connectivity index (χ0) is 10.5. The number of hydrogen-bond acceptors (Lipinski definition) is 3. The summed E-state index contributed by atoms with van der Waals surface area (Å²) in [6, 6.07) is 8.10. The highest BCUT2D eigenvalue weighted by Crippen LogP contribution is 2.19. The van der Waals surface area contributed by atoms with Gasteiger partial charge in [0.15, 0.2) is 0 Å². The fourth-order valence-electron chi connectivity index (χ4n) is 1.26. The van der Waals surface area contributed by atoms with E-state index in [1.807, 2.05) is 47.5 Å². The fourth-order valence-corrected chi connectivity index (χ4v) is 2.21. The Bertz CT molecular complexity index is 390. The van der Waals surface area contributed by atoms with Crippen molar-refractivity contribution in [1.82, 2.24) is 10.2 Å². The van der Waals surface area contributed by atoms with E-state index in [1.54, 1.807) is 7.11 Å². The van der Waals surface area contributed by atoms with E-state index in [-0.39, 0.29) is 0 Å². The lowest BCUT2D eigenvalue weighted by molar-refractivity contribution is 0.415. The summed E-state index contributed by atoms with van der Waals surface area (Å²) in [7, 11) is 2.24. The second-order valence-corrected chi connectivity index (χ2v) is 4.33. The predicted octanol–water partition coefficient (Wildman–Crippen LogP) is 1.76. The molecule has 0 radical (unpaired) electrons. The van der Waals surface area contributed by atoms with E-state index < -0.39 is 0 Å². The Labute approximate surface area is 91.2 Å². The van der Waals surface area contributed by atoms with Crippen LogP contribution in [-0.2, 0) is 0 Å². The first kappa shape index (κ1) is 10.1. The van der Waals surface area contributed by atoms with Crippen LogP contribution < -0.4 is 15.5 Å². The van der Waals surface area contributed by atoms with Crippen molar-refractivity contribution >= 4 is 14.0 Å². The van der Waals surface area contributed by atoms with Crippen LogP contribution in [0.3, 0.4) is 0 Å². The van der Waals surface area contributed by atoms with E-state index in [1.165, 1.54) is 5.30 Å². The topological polar surface area (TPSA) is 24.5 Å². The Hall–Kier alpha value is -1.47. The van der Waals surface area contributed by atoms with E-state index in [0.29, 0.717) is 8.73 Å². The van der Waals surface area contributed by atoms with Crippen molar-refractivity contribution in [2.45, 2.75) is 0 Å². The molecule has 1 aliphatic heterocycles. The first-order valence-electron chi connectivity index (χ1n) is 4.68. The molecule has 0 spiro atoms. The van der Waals surface area contributed by atoms with Crippen LogP contribution in [0.25, 0.3) is 0 Å².